The molecule has 0 aliphatic carbocycles. The number of carbonyl (C=O) groups is 4. The van der Waals surface area contributed by atoms with E-state index in [0.717, 1.165) is 5.56 Å². The van der Waals surface area contributed by atoms with Crippen molar-refractivity contribution in [3.63, 3.8) is 0 Å². The van der Waals surface area contributed by atoms with Crippen molar-refractivity contribution in [1.82, 2.24) is 14.7 Å². The summed E-state index contributed by atoms with van der Waals surface area (Å²) in [6, 6.07) is 13.6. The molecule has 3 heterocycles. The van der Waals surface area contributed by atoms with Crippen LogP contribution < -0.4 is 0 Å². The lowest BCUT2D eigenvalue weighted by Gasteiger charge is -2.47. The van der Waals surface area contributed by atoms with Crippen LogP contribution in [-0.4, -0.2) is 63.5 Å². The van der Waals surface area contributed by atoms with Crippen molar-refractivity contribution in [3.05, 3.63) is 71.5 Å². The molecule has 8 heteroatoms. The fourth-order valence-electron chi connectivity index (χ4n) is 5.58. The van der Waals surface area contributed by atoms with Crippen LogP contribution in [-0.2, 0) is 20.9 Å². The van der Waals surface area contributed by atoms with E-state index in [1.54, 1.807) is 14.0 Å². The van der Waals surface area contributed by atoms with Gasteiger partial charge < -0.3 is 9.80 Å². The van der Waals surface area contributed by atoms with E-state index in [-0.39, 0.29) is 30.5 Å². The number of halogens is 1. The van der Waals surface area contributed by atoms with Gasteiger partial charge in [0, 0.05) is 19.2 Å². The van der Waals surface area contributed by atoms with Gasteiger partial charge in [0.05, 0.1) is 24.4 Å². The van der Waals surface area contributed by atoms with Crippen molar-refractivity contribution in [1.29, 1.82) is 0 Å². The molecule has 2 aromatic rings. The number of rotatable bonds is 3. The number of likely N-dealkylation sites (tertiary alicyclic amines) is 2. The molecular weight excluding hydrogens is 413 g/mol. The lowest BCUT2D eigenvalue weighted by atomic mass is 9.81. The first-order valence-electron chi connectivity index (χ1n) is 10.5. The summed E-state index contributed by atoms with van der Waals surface area (Å²) in [5, 5.41) is 0. The summed E-state index contributed by atoms with van der Waals surface area (Å²) in [7, 11) is 1.62. The predicted octanol–water partition coefficient (Wildman–Crippen LogP) is 1.68. The van der Waals surface area contributed by atoms with E-state index in [1.165, 1.54) is 39.0 Å². The average molecular weight is 435 g/mol. The molecule has 0 radical (unpaired) electrons. The number of nitrogens with zero attached hydrogens (tertiary/aromatic N) is 3. The number of piperazine rings is 1. The summed E-state index contributed by atoms with van der Waals surface area (Å²) < 4.78 is 13.4. The second-order valence-corrected chi connectivity index (χ2v) is 8.83. The molecule has 0 N–H and O–H groups in total. The fraction of sp³-hybridized carbons (Fsp3) is 0.333. The predicted molar refractivity (Wildman–Crippen MR) is 111 cm³/mol. The van der Waals surface area contributed by atoms with E-state index >= 15 is 0 Å². The molecule has 0 aromatic heterocycles. The lowest BCUT2D eigenvalue weighted by molar-refractivity contribution is -0.154. The summed E-state index contributed by atoms with van der Waals surface area (Å²) in [5.74, 6) is -3.89. The Balaban J connectivity index is 1.55. The van der Waals surface area contributed by atoms with Crippen LogP contribution in [0, 0.1) is 17.7 Å². The maximum Gasteiger partial charge on any atom is 0.255 e. The number of imide groups is 1. The van der Waals surface area contributed by atoms with Crippen LogP contribution >= 0.6 is 0 Å². The first-order valence-corrected chi connectivity index (χ1v) is 10.5. The molecule has 32 heavy (non-hydrogen) atoms. The van der Waals surface area contributed by atoms with Crippen LogP contribution in [0.1, 0.15) is 22.8 Å². The minimum Gasteiger partial charge on any atom is -0.342 e. The minimum atomic E-state index is -1.49. The zero-order valence-corrected chi connectivity index (χ0v) is 17.7. The largest absolute Gasteiger partial charge is 0.342 e. The average Bonchev–Trinajstić information content (AvgIpc) is 3.16. The molecule has 0 spiro atoms. The summed E-state index contributed by atoms with van der Waals surface area (Å²) >= 11 is 0. The Kier molecular flexibility index (Phi) is 4.44. The second-order valence-electron chi connectivity index (χ2n) is 8.83. The summed E-state index contributed by atoms with van der Waals surface area (Å²) in [5.41, 5.74) is -0.473. The molecule has 3 fully saturated rings. The summed E-state index contributed by atoms with van der Waals surface area (Å²) in [6.07, 6.45) is 0. The van der Waals surface area contributed by atoms with Crippen molar-refractivity contribution in [2.24, 2.45) is 11.8 Å². The standard InChI is InChI=1S/C24H22FN3O4/c1-24-19-18(21(30)27(22(19)31)12-14-6-4-3-5-7-14)17(13-26(2)23(24)32)28(24)20(29)15-8-10-16(25)11-9-15/h3-11,17-19H,12-13H2,1-2H3/t17-,18+,19-,24-/m1/s1. The minimum absolute atomic E-state index is 0.129. The van der Waals surface area contributed by atoms with Gasteiger partial charge in [-0.05, 0) is 36.8 Å². The number of benzene rings is 2. The van der Waals surface area contributed by atoms with E-state index in [4.69, 9.17) is 0 Å². The quantitative estimate of drug-likeness (QED) is 0.688. The van der Waals surface area contributed by atoms with E-state index < -0.39 is 41.0 Å². The van der Waals surface area contributed by atoms with Gasteiger partial charge in [-0.25, -0.2) is 4.39 Å². The molecule has 5 rings (SSSR count). The van der Waals surface area contributed by atoms with Crippen molar-refractivity contribution in [3.8, 4) is 0 Å². The third kappa shape index (κ3) is 2.65. The first-order chi connectivity index (χ1) is 15.2. The Morgan fingerprint density at radius 2 is 1.69 bits per heavy atom. The van der Waals surface area contributed by atoms with Gasteiger partial charge in [0.25, 0.3) is 5.91 Å². The van der Waals surface area contributed by atoms with Gasteiger partial charge in [-0.2, -0.15) is 0 Å². The Morgan fingerprint density at radius 1 is 1.03 bits per heavy atom. The van der Waals surface area contributed by atoms with Crippen molar-refractivity contribution >= 4 is 23.6 Å². The molecule has 2 aromatic carbocycles. The van der Waals surface area contributed by atoms with Crippen LogP contribution in [0.4, 0.5) is 4.39 Å². The highest BCUT2D eigenvalue weighted by Gasteiger charge is 2.73. The highest BCUT2D eigenvalue weighted by molar-refractivity contribution is 6.13. The summed E-state index contributed by atoms with van der Waals surface area (Å²) in [6.45, 7) is 1.85. The highest BCUT2D eigenvalue weighted by atomic mass is 19.1. The summed E-state index contributed by atoms with van der Waals surface area (Å²) in [4.78, 5) is 57.8. The molecule has 4 amide bonds. The zero-order chi connectivity index (χ0) is 22.8. The second kappa shape index (κ2) is 6.98. The lowest BCUT2D eigenvalue weighted by Crippen LogP contribution is -2.67. The van der Waals surface area contributed by atoms with Crippen LogP contribution in [0.5, 0.6) is 0 Å². The Hall–Kier alpha value is -3.55. The SMILES string of the molecule is CN1C[C@@H]2[C@@H]3C(=O)N(Cc4ccccc4)C(=O)[C@@H]3[C@](C)(C1=O)N2C(=O)c1ccc(F)cc1. The Morgan fingerprint density at radius 3 is 2.34 bits per heavy atom. The van der Waals surface area contributed by atoms with E-state index in [2.05, 4.69) is 0 Å². The van der Waals surface area contributed by atoms with E-state index in [9.17, 15) is 23.6 Å². The van der Waals surface area contributed by atoms with Crippen molar-refractivity contribution in [2.45, 2.75) is 25.0 Å². The monoisotopic (exact) mass is 435 g/mol. The molecule has 2 bridgehead atoms. The number of carbonyl (C=O) groups excluding carboxylic acids is 4. The first kappa shape index (κ1) is 20.4. The Bertz CT molecular complexity index is 1140. The van der Waals surface area contributed by atoms with Gasteiger partial charge in [-0.3, -0.25) is 24.1 Å². The van der Waals surface area contributed by atoms with Gasteiger partial charge >= 0.3 is 0 Å². The maximum absolute atomic E-state index is 13.5. The van der Waals surface area contributed by atoms with Crippen LogP contribution in [0.3, 0.4) is 0 Å². The van der Waals surface area contributed by atoms with E-state index in [0.29, 0.717) is 0 Å². The molecule has 4 atom stereocenters. The van der Waals surface area contributed by atoms with Gasteiger partial charge in [0.15, 0.2) is 0 Å². The third-order valence-corrected chi connectivity index (χ3v) is 7.03. The van der Waals surface area contributed by atoms with Crippen molar-refractivity contribution < 1.29 is 23.6 Å². The van der Waals surface area contributed by atoms with Crippen molar-refractivity contribution in [2.75, 3.05) is 13.6 Å². The number of hydrogen-bond donors (Lipinski definition) is 0. The smallest absolute Gasteiger partial charge is 0.255 e. The molecule has 7 nitrogen and oxygen atoms in total. The number of fused-ring (bicyclic) bond motifs is 5. The molecule has 3 aliphatic rings. The molecule has 0 unspecified atom stereocenters. The fourth-order valence-corrected chi connectivity index (χ4v) is 5.58. The van der Waals surface area contributed by atoms with Crippen LogP contribution in [0.15, 0.2) is 54.6 Å². The molecule has 0 saturated carbocycles. The zero-order valence-electron chi connectivity index (χ0n) is 17.7. The van der Waals surface area contributed by atoms with Gasteiger partial charge in [-0.15, -0.1) is 0 Å². The highest BCUT2D eigenvalue weighted by Crippen LogP contribution is 2.52. The molecule has 3 saturated heterocycles. The molecule has 164 valence electrons. The van der Waals surface area contributed by atoms with Crippen LogP contribution in [0.2, 0.25) is 0 Å². The van der Waals surface area contributed by atoms with Crippen LogP contribution in [0.25, 0.3) is 0 Å². The third-order valence-electron chi connectivity index (χ3n) is 7.03. The number of hydrogen-bond acceptors (Lipinski definition) is 4. The number of likely N-dealkylation sites (N-methyl/N-ethyl adjacent to an activating group) is 1. The molecular formula is C24H22FN3O4. The molecule has 3 aliphatic heterocycles. The van der Waals surface area contributed by atoms with Gasteiger partial charge in [0.1, 0.15) is 11.4 Å². The van der Waals surface area contributed by atoms with E-state index in [1.807, 2.05) is 30.3 Å². The van der Waals surface area contributed by atoms with Gasteiger partial charge in [0.2, 0.25) is 17.7 Å². The number of amides is 4. The Labute approximate surface area is 184 Å². The topological polar surface area (TPSA) is 78.0 Å². The maximum atomic E-state index is 13.5. The van der Waals surface area contributed by atoms with Gasteiger partial charge in [-0.1, -0.05) is 30.3 Å². The normalized spacial score (nSPS) is 29.0.